The summed E-state index contributed by atoms with van der Waals surface area (Å²) in [5.41, 5.74) is 2.80. The van der Waals surface area contributed by atoms with Crippen LogP contribution in [0.1, 0.15) is 62.2 Å². The fourth-order valence-corrected chi connectivity index (χ4v) is 3.60. The van der Waals surface area contributed by atoms with Crippen LogP contribution in [0.25, 0.3) is 0 Å². The summed E-state index contributed by atoms with van der Waals surface area (Å²) in [6.07, 6.45) is 4.18. The second-order valence-corrected chi connectivity index (χ2v) is 7.52. The summed E-state index contributed by atoms with van der Waals surface area (Å²) < 4.78 is 0. The number of aryl methyl sites for hydroxylation is 2. The van der Waals surface area contributed by atoms with E-state index in [1.807, 2.05) is 6.07 Å². The van der Waals surface area contributed by atoms with Gasteiger partial charge >= 0.3 is 5.97 Å². The zero-order chi connectivity index (χ0) is 15.4. The minimum atomic E-state index is -0.894. The second-order valence-electron chi connectivity index (χ2n) is 7.52. The Hall–Kier alpha value is -1.58. The third-order valence-corrected chi connectivity index (χ3v) is 5.83. The van der Waals surface area contributed by atoms with E-state index in [1.54, 1.807) is 0 Å². The van der Waals surface area contributed by atoms with Crippen molar-refractivity contribution in [3.8, 4) is 0 Å². The molecule has 1 heterocycles. The van der Waals surface area contributed by atoms with E-state index in [2.05, 4.69) is 38.0 Å². The number of hydrogen-bond donors (Lipinski definition) is 2. The van der Waals surface area contributed by atoms with Gasteiger partial charge in [-0.15, -0.1) is 0 Å². The van der Waals surface area contributed by atoms with E-state index >= 15 is 0 Å². The number of nitrogens with one attached hydrogen (secondary N) is 1. The number of nitrogens with zero attached hydrogens (tertiary/aromatic N) is 1. The Morgan fingerprint density at radius 2 is 1.86 bits per heavy atom. The maximum atomic E-state index is 11.6. The molecule has 4 nitrogen and oxygen atoms in total. The van der Waals surface area contributed by atoms with Crippen LogP contribution >= 0.6 is 0 Å². The highest BCUT2D eigenvalue weighted by Crippen LogP contribution is 2.63. The van der Waals surface area contributed by atoms with Gasteiger partial charge in [0.05, 0.1) is 0 Å². The van der Waals surface area contributed by atoms with Crippen molar-refractivity contribution in [1.29, 1.82) is 0 Å². The average molecular weight is 288 g/mol. The Labute approximate surface area is 126 Å². The van der Waals surface area contributed by atoms with E-state index in [0.29, 0.717) is 11.4 Å². The summed E-state index contributed by atoms with van der Waals surface area (Å²) in [6.45, 7) is 8.85. The molecular weight excluding hydrogens is 264 g/mol. The number of pyridine rings is 1. The van der Waals surface area contributed by atoms with E-state index in [9.17, 15) is 9.90 Å². The molecule has 3 rings (SSSR count). The van der Waals surface area contributed by atoms with Gasteiger partial charge in [0.15, 0.2) is 0 Å². The van der Waals surface area contributed by atoms with Gasteiger partial charge in [-0.1, -0.05) is 27.7 Å². The minimum absolute atomic E-state index is 0.153. The third-order valence-electron chi connectivity index (χ3n) is 5.83. The molecule has 0 radical (unpaired) electrons. The van der Waals surface area contributed by atoms with Crippen molar-refractivity contribution in [3.63, 3.8) is 0 Å². The lowest BCUT2D eigenvalue weighted by Gasteiger charge is -2.18. The molecule has 0 bridgehead atoms. The molecule has 0 aliphatic heterocycles. The van der Waals surface area contributed by atoms with E-state index in [-0.39, 0.29) is 16.9 Å². The molecule has 2 N–H and O–H groups in total. The molecule has 0 unspecified atom stereocenters. The van der Waals surface area contributed by atoms with Gasteiger partial charge in [0, 0.05) is 11.7 Å². The van der Waals surface area contributed by atoms with Crippen LogP contribution in [0.15, 0.2) is 6.07 Å². The van der Waals surface area contributed by atoms with Gasteiger partial charge in [0.25, 0.3) is 0 Å². The lowest BCUT2D eigenvalue weighted by atomic mass is 9.94. The Morgan fingerprint density at radius 3 is 2.43 bits per heavy atom. The quantitative estimate of drug-likeness (QED) is 0.893. The van der Waals surface area contributed by atoms with E-state index in [1.165, 1.54) is 0 Å². The van der Waals surface area contributed by atoms with Gasteiger partial charge in [-0.3, -0.25) is 0 Å². The number of hydrogen-bond acceptors (Lipinski definition) is 3. The zero-order valence-electron chi connectivity index (χ0n) is 13.3. The molecular formula is C17H24N2O2. The van der Waals surface area contributed by atoms with Gasteiger partial charge in [-0.2, -0.15) is 0 Å². The lowest BCUT2D eigenvalue weighted by Crippen LogP contribution is -2.18. The van der Waals surface area contributed by atoms with Gasteiger partial charge in [-0.25, -0.2) is 9.78 Å². The number of aromatic nitrogens is 1. The predicted octanol–water partition coefficient (Wildman–Crippen LogP) is 3.51. The standard InChI is InChI=1S/C17H24N2O2/c1-16(2)15(17(16,3)4)19-13-11(14(20)21)9-10-7-5-6-8-12(10)18-13/h9,15H,5-8H2,1-4H3,(H,18,19)(H,20,21). The van der Waals surface area contributed by atoms with E-state index in [0.717, 1.165) is 36.9 Å². The van der Waals surface area contributed by atoms with Crippen LogP contribution in [0, 0.1) is 10.8 Å². The van der Waals surface area contributed by atoms with Gasteiger partial charge in [-0.05, 0) is 48.1 Å². The molecule has 0 aromatic carbocycles. The van der Waals surface area contributed by atoms with Crippen molar-refractivity contribution < 1.29 is 9.90 Å². The molecule has 4 heteroatoms. The molecule has 1 saturated carbocycles. The molecule has 2 aliphatic carbocycles. The Morgan fingerprint density at radius 1 is 1.24 bits per heavy atom. The summed E-state index contributed by atoms with van der Waals surface area (Å²) in [4.78, 5) is 16.2. The van der Waals surface area contributed by atoms with Gasteiger partial charge in [0.2, 0.25) is 0 Å². The largest absolute Gasteiger partial charge is 0.478 e. The molecule has 1 fully saturated rings. The van der Waals surface area contributed by atoms with Crippen LogP contribution in [0.5, 0.6) is 0 Å². The number of fused-ring (bicyclic) bond motifs is 1. The summed E-state index contributed by atoms with van der Waals surface area (Å²) in [7, 11) is 0. The highest BCUT2D eigenvalue weighted by atomic mass is 16.4. The number of carboxylic acids is 1. The highest BCUT2D eigenvalue weighted by molar-refractivity contribution is 5.93. The zero-order valence-corrected chi connectivity index (χ0v) is 13.3. The van der Waals surface area contributed by atoms with Crippen molar-refractivity contribution in [2.24, 2.45) is 10.8 Å². The van der Waals surface area contributed by atoms with Gasteiger partial charge < -0.3 is 10.4 Å². The SMILES string of the molecule is CC1(C)C(Nc2nc3c(cc2C(=O)O)CCCC3)C1(C)C. The van der Waals surface area contributed by atoms with Crippen molar-refractivity contribution >= 4 is 11.8 Å². The Kier molecular flexibility index (Phi) is 3.05. The summed E-state index contributed by atoms with van der Waals surface area (Å²) in [5.74, 6) is -0.346. The molecule has 21 heavy (non-hydrogen) atoms. The van der Waals surface area contributed by atoms with E-state index < -0.39 is 5.97 Å². The summed E-state index contributed by atoms with van der Waals surface area (Å²) in [6, 6.07) is 2.09. The average Bonchev–Trinajstić information content (AvgIpc) is 2.80. The van der Waals surface area contributed by atoms with Gasteiger partial charge in [0.1, 0.15) is 11.4 Å². The lowest BCUT2D eigenvalue weighted by molar-refractivity contribution is 0.0697. The highest BCUT2D eigenvalue weighted by Gasteiger charge is 2.65. The number of carboxylic acid groups (broad SMARTS) is 1. The number of rotatable bonds is 3. The molecule has 2 aliphatic rings. The molecule has 0 saturated heterocycles. The van der Waals surface area contributed by atoms with Crippen LogP contribution in [0.4, 0.5) is 5.82 Å². The van der Waals surface area contributed by atoms with Crippen LogP contribution in [0.2, 0.25) is 0 Å². The van der Waals surface area contributed by atoms with Crippen LogP contribution in [0.3, 0.4) is 0 Å². The normalized spacial score (nSPS) is 22.5. The van der Waals surface area contributed by atoms with Crippen molar-refractivity contribution in [3.05, 3.63) is 22.9 Å². The number of anilines is 1. The predicted molar refractivity (Wildman–Crippen MR) is 82.8 cm³/mol. The maximum Gasteiger partial charge on any atom is 0.339 e. The fraction of sp³-hybridized carbons (Fsp3) is 0.647. The fourth-order valence-electron chi connectivity index (χ4n) is 3.60. The topological polar surface area (TPSA) is 62.2 Å². The first kappa shape index (κ1) is 14.4. The first-order chi connectivity index (χ1) is 9.75. The molecule has 0 amide bonds. The van der Waals surface area contributed by atoms with Crippen LogP contribution < -0.4 is 5.32 Å². The van der Waals surface area contributed by atoms with Crippen LogP contribution in [-0.2, 0) is 12.8 Å². The van der Waals surface area contributed by atoms with Crippen molar-refractivity contribution in [2.75, 3.05) is 5.32 Å². The maximum absolute atomic E-state index is 11.6. The number of aromatic carboxylic acids is 1. The molecule has 114 valence electrons. The minimum Gasteiger partial charge on any atom is -0.478 e. The second kappa shape index (κ2) is 4.46. The van der Waals surface area contributed by atoms with Crippen molar-refractivity contribution in [1.82, 2.24) is 4.98 Å². The smallest absolute Gasteiger partial charge is 0.339 e. The first-order valence-electron chi connectivity index (χ1n) is 7.78. The molecule has 1 aromatic rings. The number of carbonyl (C=O) groups is 1. The monoisotopic (exact) mass is 288 g/mol. The molecule has 0 atom stereocenters. The van der Waals surface area contributed by atoms with E-state index in [4.69, 9.17) is 0 Å². The van der Waals surface area contributed by atoms with Crippen LogP contribution in [-0.4, -0.2) is 22.1 Å². The Balaban J connectivity index is 1.96. The Bertz CT molecular complexity index is 591. The first-order valence-corrected chi connectivity index (χ1v) is 7.78. The van der Waals surface area contributed by atoms with Crippen molar-refractivity contribution in [2.45, 2.75) is 59.4 Å². The summed E-state index contributed by atoms with van der Waals surface area (Å²) in [5, 5.41) is 12.9. The summed E-state index contributed by atoms with van der Waals surface area (Å²) >= 11 is 0. The molecule has 1 aromatic heterocycles. The third kappa shape index (κ3) is 2.12. The molecule has 0 spiro atoms.